The second-order valence-corrected chi connectivity index (χ2v) is 7.93. The van der Waals surface area contributed by atoms with E-state index in [0.29, 0.717) is 36.8 Å². The van der Waals surface area contributed by atoms with Gasteiger partial charge in [-0.3, -0.25) is 9.59 Å². The van der Waals surface area contributed by atoms with Crippen LogP contribution in [0.15, 0.2) is 59.4 Å². The number of hydrogen-bond donors (Lipinski definition) is 0. The van der Waals surface area contributed by atoms with Crippen LogP contribution in [0.3, 0.4) is 0 Å². The molecule has 32 heavy (non-hydrogen) atoms. The van der Waals surface area contributed by atoms with Gasteiger partial charge in [-0.2, -0.15) is 4.98 Å². The molecule has 0 bridgehead atoms. The van der Waals surface area contributed by atoms with Crippen molar-refractivity contribution in [2.24, 2.45) is 0 Å². The van der Waals surface area contributed by atoms with E-state index in [4.69, 9.17) is 9.26 Å². The summed E-state index contributed by atoms with van der Waals surface area (Å²) in [5.41, 5.74) is 2.25. The van der Waals surface area contributed by atoms with Gasteiger partial charge in [-0.25, -0.2) is 0 Å². The normalized spacial score (nSPS) is 17.2. The van der Waals surface area contributed by atoms with Crippen LogP contribution in [0.5, 0.6) is 5.75 Å². The van der Waals surface area contributed by atoms with E-state index in [9.17, 15) is 9.59 Å². The van der Waals surface area contributed by atoms with Crippen LogP contribution in [-0.2, 0) is 4.79 Å². The number of carbonyl (C=O) groups is 2. The summed E-state index contributed by atoms with van der Waals surface area (Å²) in [6.45, 7) is 7.03. The highest BCUT2D eigenvalue weighted by Crippen LogP contribution is 2.29. The van der Waals surface area contributed by atoms with Gasteiger partial charge in [-0.15, -0.1) is 0 Å². The van der Waals surface area contributed by atoms with Crippen molar-refractivity contribution >= 4 is 11.8 Å². The zero-order valence-electron chi connectivity index (χ0n) is 18.4. The van der Waals surface area contributed by atoms with E-state index >= 15 is 0 Å². The van der Waals surface area contributed by atoms with Crippen LogP contribution < -0.4 is 4.74 Å². The molecule has 2 amide bonds. The lowest BCUT2D eigenvalue weighted by molar-refractivity contribution is -0.142. The van der Waals surface area contributed by atoms with Crippen molar-refractivity contribution in [3.05, 3.63) is 66.0 Å². The van der Waals surface area contributed by atoms with Crippen LogP contribution in [0.4, 0.5) is 0 Å². The Kier molecular flexibility index (Phi) is 6.20. The zero-order valence-corrected chi connectivity index (χ0v) is 18.4. The van der Waals surface area contributed by atoms with E-state index < -0.39 is 6.10 Å². The quantitative estimate of drug-likeness (QED) is 0.613. The maximum atomic E-state index is 13.1. The van der Waals surface area contributed by atoms with Crippen molar-refractivity contribution in [2.45, 2.75) is 32.9 Å². The fourth-order valence-corrected chi connectivity index (χ4v) is 3.97. The van der Waals surface area contributed by atoms with Crippen LogP contribution in [0, 0.1) is 6.92 Å². The summed E-state index contributed by atoms with van der Waals surface area (Å²) < 4.78 is 11.2. The number of hydrogen-bond acceptors (Lipinski definition) is 6. The summed E-state index contributed by atoms with van der Waals surface area (Å²) in [6, 6.07) is 14.6. The Morgan fingerprint density at radius 1 is 1.12 bits per heavy atom. The summed E-state index contributed by atoms with van der Waals surface area (Å²) in [6.07, 6.45) is 0.670. The van der Waals surface area contributed by atoms with Crippen molar-refractivity contribution in [2.75, 3.05) is 19.6 Å². The fourth-order valence-electron chi connectivity index (χ4n) is 3.97. The summed E-state index contributed by atoms with van der Waals surface area (Å²) in [5.74, 6) is 0.876. The van der Waals surface area contributed by atoms with E-state index in [1.165, 1.54) is 6.33 Å². The number of rotatable bonds is 5. The molecule has 2 atom stereocenters. The monoisotopic (exact) mass is 434 g/mol. The third kappa shape index (κ3) is 4.34. The summed E-state index contributed by atoms with van der Waals surface area (Å²) in [4.78, 5) is 33.6. The predicted octanol–water partition coefficient (Wildman–Crippen LogP) is 3.19. The number of carbonyl (C=O) groups excluding carboxylic acids is 2. The van der Waals surface area contributed by atoms with Crippen molar-refractivity contribution in [1.82, 2.24) is 19.9 Å². The minimum atomic E-state index is -0.675. The summed E-state index contributed by atoms with van der Waals surface area (Å²) >= 11 is 0. The first-order valence-corrected chi connectivity index (χ1v) is 10.6. The van der Waals surface area contributed by atoms with Crippen molar-refractivity contribution < 1.29 is 18.8 Å². The highest BCUT2D eigenvalue weighted by Gasteiger charge is 2.33. The van der Waals surface area contributed by atoms with Crippen LogP contribution in [0.1, 0.15) is 29.8 Å². The zero-order chi connectivity index (χ0) is 22.7. The number of benzene rings is 2. The number of amides is 2. The van der Waals surface area contributed by atoms with Gasteiger partial charge in [-0.05, 0) is 45.0 Å². The van der Waals surface area contributed by atoms with E-state index in [-0.39, 0.29) is 17.9 Å². The number of piperazine rings is 1. The second kappa shape index (κ2) is 9.21. The molecule has 1 saturated heterocycles. The Labute approximate surface area is 186 Å². The molecule has 1 aliphatic rings. The highest BCUT2D eigenvalue weighted by molar-refractivity contribution is 5.94. The Balaban J connectivity index is 1.41. The highest BCUT2D eigenvalue weighted by atomic mass is 16.5. The average Bonchev–Trinajstić information content (AvgIpc) is 3.34. The molecule has 0 saturated carbocycles. The van der Waals surface area contributed by atoms with E-state index in [1.54, 1.807) is 16.7 Å². The maximum absolute atomic E-state index is 13.1. The molecular weight excluding hydrogens is 408 g/mol. The predicted molar refractivity (Wildman–Crippen MR) is 118 cm³/mol. The Morgan fingerprint density at radius 3 is 2.59 bits per heavy atom. The molecular formula is C24H26N4O4. The second-order valence-electron chi connectivity index (χ2n) is 7.93. The van der Waals surface area contributed by atoms with Gasteiger partial charge in [0, 0.05) is 42.4 Å². The largest absolute Gasteiger partial charge is 0.481 e. The number of ether oxygens (including phenoxy) is 1. The summed E-state index contributed by atoms with van der Waals surface area (Å²) in [7, 11) is 0. The molecule has 2 heterocycles. The fraction of sp³-hybridized carbons (Fsp3) is 0.333. The van der Waals surface area contributed by atoms with E-state index in [0.717, 1.165) is 11.1 Å². The molecule has 3 aromatic rings. The molecule has 0 N–H and O–H groups in total. The third-order valence-corrected chi connectivity index (χ3v) is 5.75. The Hall–Kier alpha value is -3.68. The SMILES string of the molecule is Cc1c(OC(C)C(=O)N2CCN(C(=O)c3ccccc3)C[C@H]2C)cccc1-c1ncno1. The van der Waals surface area contributed by atoms with Crippen LogP contribution >= 0.6 is 0 Å². The van der Waals surface area contributed by atoms with Gasteiger partial charge in [0.15, 0.2) is 12.4 Å². The molecule has 8 nitrogen and oxygen atoms in total. The molecule has 2 aromatic carbocycles. The van der Waals surface area contributed by atoms with Gasteiger partial charge in [0.25, 0.3) is 17.7 Å². The molecule has 1 aromatic heterocycles. The first-order valence-electron chi connectivity index (χ1n) is 10.6. The molecule has 1 unspecified atom stereocenters. The minimum Gasteiger partial charge on any atom is -0.481 e. The standard InChI is InChI=1S/C24H26N4O4/c1-16-14-27(24(30)19-8-5-4-6-9-19)12-13-28(16)23(29)18(3)31-21-11-7-10-20(17(21)2)22-25-15-26-32-22/h4-11,15-16,18H,12-14H2,1-3H3/t16-,18?/m1/s1. The van der Waals surface area contributed by atoms with Crippen molar-refractivity contribution in [3.63, 3.8) is 0 Å². The summed E-state index contributed by atoms with van der Waals surface area (Å²) in [5, 5.41) is 3.65. The molecule has 4 rings (SSSR count). The topological polar surface area (TPSA) is 88.8 Å². The van der Waals surface area contributed by atoms with Crippen LogP contribution in [0.25, 0.3) is 11.5 Å². The lowest BCUT2D eigenvalue weighted by Gasteiger charge is -2.40. The van der Waals surface area contributed by atoms with Crippen molar-refractivity contribution in [3.8, 4) is 17.2 Å². The van der Waals surface area contributed by atoms with Gasteiger partial charge >= 0.3 is 0 Å². The number of nitrogens with zero attached hydrogens (tertiary/aromatic N) is 4. The smallest absolute Gasteiger partial charge is 0.263 e. The first-order chi connectivity index (χ1) is 15.5. The molecule has 0 aliphatic carbocycles. The van der Waals surface area contributed by atoms with Gasteiger partial charge in [-0.1, -0.05) is 29.4 Å². The van der Waals surface area contributed by atoms with E-state index in [2.05, 4.69) is 10.1 Å². The van der Waals surface area contributed by atoms with Gasteiger partial charge < -0.3 is 19.1 Å². The third-order valence-electron chi connectivity index (χ3n) is 5.75. The molecule has 0 radical (unpaired) electrons. The van der Waals surface area contributed by atoms with Crippen LogP contribution in [0.2, 0.25) is 0 Å². The maximum Gasteiger partial charge on any atom is 0.263 e. The average molecular weight is 434 g/mol. The number of aromatic nitrogens is 2. The lowest BCUT2D eigenvalue weighted by Crippen LogP contribution is -2.57. The Morgan fingerprint density at radius 2 is 1.91 bits per heavy atom. The lowest BCUT2D eigenvalue weighted by atomic mass is 10.1. The molecule has 1 aliphatic heterocycles. The van der Waals surface area contributed by atoms with Crippen molar-refractivity contribution in [1.29, 1.82) is 0 Å². The van der Waals surface area contributed by atoms with Gasteiger partial charge in [0.1, 0.15) is 5.75 Å². The minimum absolute atomic E-state index is 0.0117. The van der Waals surface area contributed by atoms with Gasteiger partial charge in [0.2, 0.25) is 0 Å². The molecule has 1 fully saturated rings. The first kappa shape index (κ1) is 21.5. The molecule has 0 spiro atoms. The van der Waals surface area contributed by atoms with Crippen LogP contribution in [-0.4, -0.2) is 63.5 Å². The molecule has 8 heteroatoms. The Bertz CT molecular complexity index is 1080. The van der Waals surface area contributed by atoms with E-state index in [1.807, 2.05) is 62.4 Å². The molecule has 166 valence electrons. The van der Waals surface area contributed by atoms with Gasteiger partial charge in [0.05, 0.1) is 0 Å².